The Morgan fingerprint density at radius 1 is 1.47 bits per heavy atom. The second kappa shape index (κ2) is 7.28. The van der Waals surface area contributed by atoms with E-state index in [-0.39, 0.29) is 17.2 Å². The first kappa shape index (κ1) is 15.7. The molecule has 0 aliphatic heterocycles. The number of carbonyl (C=O) groups is 1. The van der Waals surface area contributed by atoms with Gasteiger partial charge < -0.3 is 15.8 Å². The van der Waals surface area contributed by atoms with Gasteiger partial charge in [0.15, 0.2) is 0 Å². The first-order valence-electron chi connectivity index (χ1n) is 6.38. The molecule has 3 N–H and O–H groups in total. The average Bonchev–Trinajstić information content (AvgIpc) is 2.40. The Morgan fingerprint density at radius 3 is 2.74 bits per heavy atom. The molecule has 0 aliphatic rings. The van der Waals surface area contributed by atoms with Crippen LogP contribution in [-0.2, 0) is 4.79 Å². The lowest BCUT2D eigenvalue weighted by Gasteiger charge is -2.17. The van der Waals surface area contributed by atoms with E-state index in [9.17, 15) is 4.79 Å². The Bertz CT molecular complexity index is 437. The Morgan fingerprint density at radius 2 is 2.16 bits per heavy atom. The van der Waals surface area contributed by atoms with E-state index in [0.29, 0.717) is 5.69 Å². The van der Waals surface area contributed by atoms with Gasteiger partial charge in [0.05, 0.1) is 12.4 Å². The number of ether oxygens (including phenoxy) is 1. The highest BCUT2D eigenvalue weighted by atomic mass is 32.2. The predicted molar refractivity (Wildman–Crippen MR) is 80.6 cm³/mol. The summed E-state index contributed by atoms with van der Waals surface area (Å²) in [6, 6.07) is 5.65. The third-order valence-electron chi connectivity index (χ3n) is 2.89. The van der Waals surface area contributed by atoms with Crippen LogP contribution in [-0.4, -0.2) is 24.3 Å². The van der Waals surface area contributed by atoms with Gasteiger partial charge in [-0.1, -0.05) is 6.92 Å². The molecule has 1 aromatic carbocycles. The SMILES string of the molecule is CCC(C)NC(=O)C(C)Sc1cc(OC)ccc1N. The summed E-state index contributed by atoms with van der Waals surface area (Å²) in [5, 5.41) is 2.77. The van der Waals surface area contributed by atoms with Crippen LogP contribution in [0.2, 0.25) is 0 Å². The normalized spacial score (nSPS) is 13.7. The summed E-state index contributed by atoms with van der Waals surface area (Å²) in [6.45, 7) is 5.92. The number of methoxy groups -OCH3 is 1. The van der Waals surface area contributed by atoms with Gasteiger partial charge in [-0.2, -0.15) is 0 Å². The maximum Gasteiger partial charge on any atom is 0.233 e. The standard InChI is InChI=1S/C14H22N2O2S/c1-5-9(2)16-14(17)10(3)19-13-8-11(18-4)6-7-12(13)15/h6-10H,5,15H2,1-4H3,(H,16,17). The molecule has 0 aliphatic carbocycles. The van der Waals surface area contributed by atoms with Gasteiger partial charge in [0.1, 0.15) is 5.75 Å². The topological polar surface area (TPSA) is 64.3 Å². The van der Waals surface area contributed by atoms with Crippen LogP contribution < -0.4 is 15.8 Å². The van der Waals surface area contributed by atoms with Gasteiger partial charge in [0, 0.05) is 16.6 Å². The molecule has 0 fully saturated rings. The third-order valence-corrected chi connectivity index (χ3v) is 4.07. The van der Waals surface area contributed by atoms with Crippen molar-refractivity contribution in [3.8, 4) is 5.75 Å². The van der Waals surface area contributed by atoms with Crippen molar-refractivity contribution in [3.63, 3.8) is 0 Å². The fourth-order valence-corrected chi connectivity index (χ4v) is 2.39. The highest BCUT2D eigenvalue weighted by Gasteiger charge is 2.17. The van der Waals surface area contributed by atoms with Gasteiger partial charge in [-0.3, -0.25) is 4.79 Å². The molecule has 106 valence electrons. The van der Waals surface area contributed by atoms with Crippen LogP contribution >= 0.6 is 11.8 Å². The van der Waals surface area contributed by atoms with Gasteiger partial charge in [-0.25, -0.2) is 0 Å². The van der Waals surface area contributed by atoms with Crippen molar-refractivity contribution in [2.45, 2.75) is 43.4 Å². The van der Waals surface area contributed by atoms with Gasteiger partial charge in [-0.15, -0.1) is 11.8 Å². The zero-order valence-electron chi connectivity index (χ0n) is 11.9. The second-order valence-corrected chi connectivity index (χ2v) is 5.86. The predicted octanol–water partition coefficient (Wildman–Crippen LogP) is 2.67. The van der Waals surface area contributed by atoms with Crippen molar-refractivity contribution in [1.29, 1.82) is 0 Å². The highest BCUT2D eigenvalue weighted by molar-refractivity contribution is 8.00. The number of hydrogen-bond acceptors (Lipinski definition) is 4. The lowest BCUT2D eigenvalue weighted by molar-refractivity contribution is -0.120. The molecule has 0 aromatic heterocycles. The summed E-state index contributed by atoms with van der Waals surface area (Å²) in [7, 11) is 1.61. The summed E-state index contributed by atoms with van der Waals surface area (Å²) in [4.78, 5) is 12.8. The minimum absolute atomic E-state index is 0.0292. The summed E-state index contributed by atoms with van der Waals surface area (Å²) in [6.07, 6.45) is 0.921. The number of anilines is 1. The molecule has 0 bridgehead atoms. The number of nitrogens with one attached hydrogen (secondary N) is 1. The fraction of sp³-hybridized carbons (Fsp3) is 0.500. The zero-order chi connectivity index (χ0) is 14.4. The fourth-order valence-electron chi connectivity index (χ4n) is 1.45. The van der Waals surface area contributed by atoms with E-state index in [1.807, 2.05) is 32.9 Å². The Labute approximate surface area is 119 Å². The van der Waals surface area contributed by atoms with Crippen LogP contribution in [0.5, 0.6) is 5.75 Å². The maximum absolute atomic E-state index is 12.0. The molecule has 4 nitrogen and oxygen atoms in total. The van der Waals surface area contributed by atoms with Crippen LogP contribution in [0.15, 0.2) is 23.1 Å². The van der Waals surface area contributed by atoms with Gasteiger partial charge in [0.2, 0.25) is 5.91 Å². The number of rotatable bonds is 6. The number of thioether (sulfide) groups is 1. The van der Waals surface area contributed by atoms with Crippen LogP contribution in [0.1, 0.15) is 27.2 Å². The van der Waals surface area contributed by atoms with E-state index in [2.05, 4.69) is 5.32 Å². The third kappa shape index (κ3) is 4.67. The van der Waals surface area contributed by atoms with Crippen molar-refractivity contribution in [2.24, 2.45) is 0 Å². The molecule has 1 aromatic rings. The van der Waals surface area contributed by atoms with Crippen LogP contribution in [0.4, 0.5) is 5.69 Å². The maximum atomic E-state index is 12.0. The van der Waals surface area contributed by atoms with E-state index < -0.39 is 0 Å². The molecular weight excluding hydrogens is 260 g/mol. The molecule has 2 atom stereocenters. The van der Waals surface area contributed by atoms with Gasteiger partial charge in [0.25, 0.3) is 0 Å². The lowest BCUT2D eigenvalue weighted by atomic mass is 10.2. The summed E-state index contributed by atoms with van der Waals surface area (Å²) < 4.78 is 5.16. The molecule has 19 heavy (non-hydrogen) atoms. The van der Waals surface area contributed by atoms with E-state index >= 15 is 0 Å². The molecule has 0 spiro atoms. The minimum atomic E-state index is -0.191. The average molecular weight is 282 g/mol. The summed E-state index contributed by atoms with van der Waals surface area (Å²) in [5.74, 6) is 0.771. The molecule has 0 saturated carbocycles. The van der Waals surface area contributed by atoms with Crippen molar-refractivity contribution < 1.29 is 9.53 Å². The van der Waals surface area contributed by atoms with E-state index in [4.69, 9.17) is 10.5 Å². The van der Waals surface area contributed by atoms with Crippen molar-refractivity contribution >= 4 is 23.4 Å². The van der Waals surface area contributed by atoms with Crippen molar-refractivity contribution in [2.75, 3.05) is 12.8 Å². The molecular formula is C14H22N2O2S. The number of benzene rings is 1. The number of nitrogens with two attached hydrogens (primary N) is 1. The number of carbonyl (C=O) groups excluding carboxylic acids is 1. The van der Waals surface area contributed by atoms with Crippen LogP contribution in [0.25, 0.3) is 0 Å². The molecule has 2 unspecified atom stereocenters. The summed E-state index contributed by atoms with van der Waals surface area (Å²) >= 11 is 1.44. The number of hydrogen-bond donors (Lipinski definition) is 2. The van der Waals surface area contributed by atoms with Gasteiger partial charge in [-0.05, 0) is 38.5 Å². The van der Waals surface area contributed by atoms with E-state index in [1.165, 1.54) is 11.8 Å². The first-order valence-corrected chi connectivity index (χ1v) is 7.26. The smallest absolute Gasteiger partial charge is 0.233 e. The quantitative estimate of drug-likeness (QED) is 0.622. The molecule has 1 amide bonds. The first-order chi connectivity index (χ1) is 8.97. The van der Waals surface area contributed by atoms with E-state index in [0.717, 1.165) is 17.1 Å². The number of amides is 1. The number of nitrogen functional groups attached to an aromatic ring is 1. The molecule has 0 heterocycles. The monoisotopic (exact) mass is 282 g/mol. The lowest BCUT2D eigenvalue weighted by Crippen LogP contribution is -2.37. The minimum Gasteiger partial charge on any atom is -0.497 e. The van der Waals surface area contributed by atoms with Crippen LogP contribution in [0.3, 0.4) is 0 Å². The molecule has 0 saturated heterocycles. The van der Waals surface area contributed by atoms with Crippen LogP contribution in [0, 0.1) is 0 Å². The molecule has 5 heteroatoms. The molecule has 1 rings (SSSR count). The Kier molecular flexibility index (Phi) is 6.02. The van der Waals surface area contributed by atoms with Crippen molar-refractivity contribution in [1.82, 2.24) is 5.32 Å². The summed E-state index contributed by atoms with van der Waals surface area (Å²) in [5.41, 5.74) is 6.57. The Hall–Kier alpha value is -1.36. The molecule has 0 radical (unpaired) electrons. The van der Waals surface area contributed by atoms with E-state index in [1.54, 1.807) is 13.2 Å². The Balaban J connectivity index is 2.70. The second-order valence-electron chi connectivity index (χ2n) is 4.48. The van der Waals surface area contributed by atoms with Gasteiger partial charge >= 0.3 is 0 Å². The zero-order valence-corrected chi connectivity index (χ0v) is 12.7. The highest BCUT2D eigenvalue weighted by Crippen LogP contribution is 2.32. The largest absolute Gasteiger partial charge is 0.497 e. The van der Waals surface area contributed by atoms with Crippen molar-refractivity contribution in [3.05, 3.63) is 18.2 Å².